The molecule has 2 aromatic rings. The van der Waals surface area contributed by atoms with Crippen molar-refractivity contribution in [2.75, 3.05) is 26.1 Å². The molecule has 0 radical (unpaired) electrons. The van der Waals surface area contributed by atoms with E-state index in [1.54, 1.807) is 7.11 Å². The summed E-state index contributed by atoms with van der Waals surface area (Å²) in [4.78, 5) is 9.39. The highest BCUT2D eigenvalue weighted by molar-refractivity contribution is 7.71. The minimum atomic E-state index is 0.597. The molecule has 0 spiro atoms. The van der Waals surface area contributed by atoms with Gasteiger partial charge in [0, 0.05) is 25.5 Å². The van der Waals surface area contributed by atoms with Gasteiger partial charge in [-0.3, -0.25) is 0 Å². The highest BCUT2D eigenvalue weighted by Crippen LogP contribution is 2.21. The van der Waals surface area contributed by atoms with E-state index < -0.39 is 0 Å². The van der Waals surface area contributed by atoms with Gasteiger partial charge in [-0.1, -0.05) is 12.2 Å². The normalized spacial score (nSPS) is 10.4. The molecule has 1 N–H and O–H groups in total. The summed E-state index contributed by atoms with van der Waals surface area (Å²) in [5.74, 6) is 1.54. The Kier molecular flexibility index (Phi) is 2.78. The van der Waals surface area contributed by atoms with E-state index in [-0.39, 0.29) is 0 Å². The molecule has 1 aromatic heterocycles. The van der Waals surface area contributed by atoms with Gasteiger partial charge in [0.15, 0.2) is 0 Å². The van der Waals surface area contributed by atoms with Crippen molar-refractivity contribution in [3.63, 3.8) is 0 Å². The molecule has 0 aliphatic carbocycles. The number of methoxy groups -OCH3 is 1. The molecule has 0 aliphatic rings. The van der Waals surface area contributed by atoms with Gasteiger partial charge in [-0.15, -0.1) is 0 Å². The summed E-state index contributed by atoms with van der Waals surface area (Å²) in [5, 5.41) is 0.932. The largest absolute Gasteiger partial charge is 0.497 e. The molecule has 0 aliphatic heterocycles. The van der Waals surface area contributed by atoms with Crippen LogP contribution in [0.1, 0.15) is 0 Å². The molecule has 0 atom stereocenters. The fraction of sp³-hybridized carbons (Fsp3) is 0.273. The van der Waals surface area contributed by atoms with Crippen LogP contribution in [0.5, 0.6) is 5.75 Å². The summed E-state index contributed by atoms with van der Waals surface area (Å²) < 4.78 is 5.77. The Labute approximate surface area is 98.9 Å². The van der Waals surface area contributed by atoms with Gasteiger partial charge in [0.25, 0.3) is 0 Å². The molecular formula is C11H13N3OS. The highest BCUT2D eigenvalue weighted by Gasteiger charge is 2.03. The summed E-state index contributed by atoms with van der Waals surface area (Å²) in [6, 6.07) is 5.71. The summed E-state index contributed by atoms with van der Waals surface area (Å²) in [6.45, 7) is 0. The number of benzene rings is 1. The second kappa shape index (κ2) is 4.09. The van der Waals surface area contributed by atoms with Crippen molar-refractivity contribution in [3.8, 4) is 5.75 Å². The average molecular weight is 235 g/mol. The SMILES string of the molecule is COc1ccc2c(=S)nc(N(C)C)[nH]c2c1. The third-order valence-corrected chi connectivity index (χ3v) is 2.65. The summed E-state index contributed by atoms with van der Waals surface area (Å²) >= 11 is 5.24. The van der Waals surface area contributed by atoms with E-state index in [2.05, 4.69) is 9.97 Å². The summed E-state index contributed by atoms with van der Waals surface area (Å²) in [5.41, 5.74) is 0.933. The van der Waals surface area contributed by atoms with E-state index in [0.717, 1.165) is 22.6 Å². The third kappa shape index (κ3) is 1.86. The van der Waals surface area contributed by atoms with Crippen LogP contribution in [0.2, 0.25) is 0 Å². The molecule has 84 valence electrons. The van der Waals surface area contributed by atoms with Crippen molar-refractivity contribution < 1.29 is 4.74 Å². The van der Waals surface area contributed by atoms with Crippen LogP contribution < -0.4 is 9.64 Å². The van der Waals surface area contributed by atoms with Crippen LogP contribution in [0.3, 0.4) is 0 Å². The molecule has 4 nitrogen and oxygen atoms in total. The Morgan fingerprint density at radius 1 is 1.38 bits per heavy atom. The van der Waals surface area contributed by atoms with Crippen LogP contribution in [0.15, 0.2) is 18.2 Å². The van der Waals surface area contributed by atoms with Crippen molar-refractivity contribution in [2.45, 2.75) is 0 Å². The van der Waals surface area contributed by atoms with Gasteiger partial charge >= 0.3 is 0 Å². The quantitative estimate of drug-likeness (QED) is 0.811. The number of fused-ring (bicyclic) bond motifs is 1. The first-order chi connectivity index (χ1) is 7.61. The maximum atomic E-state index is 5.24. The molecule has 0 fully saturated rings. The number of anilines is 1. The van der Waals surface area contributed by atoms with Gasteiger partial charge in [-0.25, -0.2) is 4.98 Å². The molecular weight excluding hydrogens is 222 g/mol. The summed E-state index contributed by atoms with van der Waals surface area (Å²) in [7, 11) is 5.48. The number of aromatic amines is 1. The third-order valence-electron chi connectivity index (χ3n) is 2.33. The molecule has 0 bridgehead atoms. The Hall–Kier alpha value is -1.62. The van der Waals surface area contributed by atoms with Crippen molar-refractivity contribution in [1.29, 1.82) is 0 Å². The van der Waals surface area contributed by atoms with Gasteiger partial charge in [-0.2, -0.15) is 0 Å². The van der Waals surface area contributed by atoms with Gasteiger partial charge in [0.2, 0.25) is 5.95 Å². The number of hydrogen-bond acceptors (Lipinski definition) is 4. The smallest absolute Gasteiger partial charge is 0.204 e. The molecule has 5 heteroatoms. The maximum Gasteiger partial charge on any atom is 0.204 e. The van der Waals surface area contributed by atoms with Crippen LogP contribution in [-0.4, -0.2) is 31.2 Å². The number of ether oxygens (including phenoxy) is 1. The number of H-pyrrole nitrogens is 1. The van der Waals surface area contributed by atoms with Crippen LogP contribution in [0, 0.1) is 4.64 Å². The van der Waals surface area contributed by atoms with Crippen molar-refractivity contribution in [2.24, 2.45) is 0 Å². The monoisotopic (exact) mass is 235 g/mol. The Balaban J connectivity index is 2.73. The number of nitrogens with one attached hydrogen (secondary N) is 1. The lowest BCUT2D eigenvalue weighted by atomic mass is 10.2. The first kappa shape index (κ1) is 10.9. The minimum Gasteiger partial charge on any atom is -0.497 e. The van der Waals surface area contributed by atoms with E-state index in [0.29, 0.717) is 4.64 Å². The van der Waals surface area contributed by atoms with E-state index in [1.807, 2.05) is 37.2 Å². The lowest BCUT2D eigenvalue weighted by Crippen LogP contribution is -2.12. The fourth-order valence-corrected chi connectivity index (χ4v) is 1.72. The molecule has 0 unspecified atom stereocenters. The van der Waals surface area contributed by atoms with Gasteiger partial charge in [0.05, 0.1) is 12.6 Å². The Morgan fingerprint density at radius 2 is 2.12 bits per heavy atom. The molecule has 0 saturated carbocycles. The average Bonchev–Trinajstić information content (AvgIpc) is 2.28. The zero-order valence-electron chi connectivity index (χ0n) is 9.44. The van der Waals surface area contributed by atoms with Crippen molar-refractivity contribution in [3.05, 3.63) is 22.8 Å². The van der Waals surface area contributed by atoms with E-state index >= 15 is 0 Å². The molecule has 2 rings (SSSR count). The fourth-order valence-electron chi connectivity index (χ4n) is 1.46. The molecule has 0 amide bonds. The van der Waals surface area contributed by atoms with Gasteiger partial charge in [0.1, 0.15) is 10.4 Å². The van der Waals surface area contributed by atoms with Crippen LogP contribution >= 0.6 is 12.2 Å². The van der Waals surface area contributed by atoms with E-state index in [1.165, 1.54) is 0 Å². The first-order valence-corrected chi connectivity index (χ1v) is 5.28. The number of hydrogen-bond donors (Lipinski definition) is 1. The number of nitrogens with zero attached hydrogens (tertiary/aromatic N) is 2. The van der Waals surface area contributed by atoms with E-state index in [9.17, 15) is 0 Å². The topological polar surface area (TPSA) is 41.1 Å². The van der Waals surface area contributed by atoms with Crippen LogP contribution in [0.4, 0.5) is 5.95 Å². The number of rotatable bonds is 2. The zero-order valence-corrected chi connectivity index (χ0v) is 10.3. The summed E-state index contributed by atoms with van der Waals surface area (Å²) in [6.07, 6.45) is 0. The second-order valence-electron chi connectivity index (χ2n) is 3.67. The maximum absolute atomic E-state index is 5.24. The predicted molar refractivity (Wildman–Crippen MR) is 67.8 cm³/mol. The standard InChI is InChI=1S/C11H13N3OS/c1-14(2)11-12-9-6-7(15-3)4-5-8(9)10(16)13-11/h4-6H,1-3H3,(H,12,13,16). The zero-order chi connectivity index (χ0) is 11.7. The van der Waals surface area contributed by atoms with Crippen LogP contribution in [-0.2, 0) is 0 Å². The molecule has 1 heterocycles. The molecule has 1 aromatic carbocycles. The Bertz CT molecular complexity index is 577. The predicted octanol–water partition coefficient (Wildman–Crippen LogP) is 2.37. The van der Waals surface area contributed by atoms with Gasteiger partial charge in [-0.05, 0) is 12.1 Å². The minimum absolute atomic E-state index is 0.597. The first-order valence-electron chi connectivity index (χ1n) is 4.87. The molecule has 16 heavy (non-hydrogen) atoms. The lowest BCUT2D eigenvalue weighted by molar-refractivity contribution is 0.415. The lowest BCUT2D eigenvalue weighted by Gasteiger charge is -2.12. The molecule has 0 saturated heterocycles. The Morgan fingerprint density at radius 3 is 2.75 bits per heavy atom. The van der Waals surface area contributed by atoms with Gasteiger partial charge < -0.3 is 14.6 Å². The van der Waals surface area contributed by atoms with Crippen molar-refractivity contribution >= 4 is 29.1 Å². The van der Waals surface area contributed by atoms with Crippen LogP contribution in [0.25, 0.3) is 10.9 Å². The second-order valence-corrected chi connectivity index (χ2v) is 4.06. The number of aromatic nitrogens is 2. The highest BCUT2D eigenvalue weighted by atomic mass is 32.1. The van der Waals surface area contributed by atoms with E-state index in [4.69, 9.17) is 17.0 Å². The van der Waals surface area contributed by atoms with Crippen molar-refractivity contribution in [1.82, 2.24) is 9.97 Å².